The molecule has 21 heavy (non-hydrogen) atoms. The molecule has 0 atom stereocenters. The summed E-state index contributed by atoms with van der Waals surface area (Å²) in [5.41, 5.74) is -3.64. The van der Waals surface area contributed by atoms with Crippen LogP contribution in [0.5, 0.6) is 0 Å². The molecule has 2 N–H and O–H groups in total. The second-order valence-corrected chi connectivity index (χ2v) is 3.95. The van der Waals surface area contributed by atoms with Gasteiger partial charge in [0.1, 0.15) is 0 Å². The Morgan fingerprint density at radius 2 is 1.62 bits per heavy atom. The molecule has 0 radical (unpaired) electrons. The van der Waals surface area contributed by atoms with Crippen molar-refractivity contribution in [3.8, 4) is 0 Å². The number of anilines is 1. The van der Waals surface area contributed by atoms with Crippen LogP contribution in [0.15, 0.2) is 12.1 Å². The van der Waals surface area contributed by atoms with Gasteiger partial charge in [0.25, 0.3) is 0 Å². The highest BCUT2D eigenvalue weighted by Crippen LogP contribution is 2.34. The number of carboxylic acid groups (broad SMARTS) is 1. The summed E-state index contributed by atoms with van der Waals surface area (Å²) in [4.78, 5) is 21.6. The molecule has 0 aliphatic rings. The Hall–Kier alpha value is -2.26. The van der Waals surface area contributed by atoms with Crippen molar-refractivity contribution >= 4 is 17.6 Å². The fraction of sp³-hybridized carbons (Fsp3) is 0.273. The summed E-state index contributed by atoms with van der Waals surface area (Å²) < 4.78 is 74.1. The van der Waals surface area contributed by atoms with Gasteiger partial charge in [0.15, 0.2) is 0 Å². The predicted molar refractivity (Wildman–Crippen MR) is 57.8 cm³/mol. The Morgan fingerprint density at radius 3 is 2.00 bits per heavy atom. The highest BCUT2D eigenvalue weighted by atomic mass is 19.4. The Morgan fingerprint density at radius 1 is 1.10 bits per heavy atom. The highest BCUT2D eigenvalue weighted by molar-refractivity contribution is 5.98. The van der Waals surface area contributed by atoms with Crippen LogP contribution in [0.4, 0.5) is 32.0 Å². The van der Waals surface area contributed by atoms with Gasteiger partial charge in [-0.1, -0.05) is 0 Å². The van der Waals surface area contributed by atoms with Crippen LogP contribution in [0.3, 0.4) is 0 Å². The fourth-order valence-electron chi connectivity index (χ4n) is 1.42. The van der Waals surface area contributed by atoms with Gasteiger partial charge >= 0.3 is 24.2 Å². The lowest BCUT2D eigenvalue weighted by Crippen LogP contribution is -2.30. The summed E-state index contributed by atoms with van der Waals surface area (Å²) in [6, 6.07) is 0.520. The molecule has 0 heterocycles. The average molecular weight is 315 g/mol. The lowest BCUT2D eigenvalue weighted by molar-refractivity contribution is -0.167. The maximum Gasteiger partial charge on any atom is 0.471 e. The first-order valence-electron chi connectivity index (χ1n) is 5.17. The molecule has 0 unspecified atom stereocenters. The van der Waals surface area contributed by atoms with Crippen molar-refractivity contribution in [2.75, 3.05) is 5.32 Å². The topological polar surface area (TPSA) is 66.4 Å². The molecular weight excluding hydrogens is 308 g/mol. The number of hydrogen-bond acceptors (Lipinski definition) is 2. The smallest absolute Gasteiger partial charge is 0.471 e. The van der Waals surface area contributed by atoms with Crippen LogP contribution in [-0.4, -0.2) is 23.2 Å². The number of aromatic carboxylic acids is 1. The van der Waals surface area contributed by atoms with Gasteiger partial charge in [0, 0.05) is 5.69 Å². The van der Waals surface area contributed by atoms with Gasteiger partial charge in [-0.15, -0.1) is 0 Å². The number of carbonyl (C=O) groups is 2. The number of benzene rings is 1. The molecular formula is C11H7F6NO3. The minimum Gasteiger partial charge on any atom is -0.478 e. The van der Waals surface area contributed by atoms with E-state index in [1.807, 2.05) is 0 Å². The van der Waals surface area contributed by atoms with Gasteiger partial charge in [-0.2, -0.15) is 26.3 Å². The molecule has 0 spiro atoms. The van der Waals surface area contributed by atoms with Crippen LogP contribution in [0.25, 0.3) is 0 Å². The Balaban J connectivity index is 3.41. The summed E-state index contributed by atoms with van der Waals surface area (Å²) in [7, 11) is 0. The highest BCUT2D eigenvalue weighted by Gasteiger charge is 2.40. The molecule has 1 amide bonds. The van der Waals surface area contributed by atoms with Gasteiger partial charge in [0.2, 0.25) is 0 Å². The first-order valence-corrected chi connectivity index (χ1v) is 5.17. The Kier molecular flexibility index (Phi) is 4.21. The first kappa shape index (κ1) is 16.8. The minimum atomic E-state index is -5.32. The number of alkyl halides is 6. The SMILES string of the molecule is Cc1c(NC(=O)C(F)(F)F)cc(C(F)(F)F)cc1C(=O)O. The van der Waals surface area contributed by atoms with E-state index in [1.54, 1.807) is 0 Å². The van der Waals surface area contributed by atoms with E-state index in [4.69, 9.17) is 5.11 Å². The molecule has 1 rings (SSSR count). The quantitative estimate of drug-likeness (QED) is 0.824. The first-order chi connectivity index (χ1) is 9.34. The molecule has 1 aromatic carbocycles. The molecule has 0 bridgehead atoms. The van der Waals surface area contributed by atoms with Crippen LogP contribution < -0.4 is 5.32 Å². The van der Waals surface area contributed by atoms with E-state index in [2.05, 4.69) is 0 Å². The molecule has 0 fully saturated rings. The number of halogens is 6. The number of rotatable bonds is 2. The lowest BCUT2D eigenvalue weighted by atomic mass is 10.0. The zero-order valence-corrected chi connectivity index (χ0v) is 10.2. The van der Waals surface area contributed by atoms with Crippen LogP contribution in [0.2, 0.25) is 0 Å². The van der Waals surface area contributed by atoms with Crippen molar-refractivity contribution in [2.24, 2.45) is 0 Å². The Bertz CT molecular complexity index is 591. The second-order valence-electron chi connectivity index (χ2n) is 3.95. The fourth-order valence-corrected chi connectivity index (χ4v) is 1.42. The van der Waals surface area contributed by atoms with E-state index in [0.29, 0.717) is 0 Å². The van der Waals surface area contributed by atoms with Crippen molar-refractivity contribution in [3.63, 3.8) is 0 Å². The largest absolute Gasteiger partial charge is 0.478 e. The monoisotopic (exact) mass is 315 g/mol. The van der Waals surface area contributed by atoms with Crippen LogP contribution in [0, 0.1) is 6.92 Å². The summed E-state index contributed by atoms with van der Waals surface area (Å²) in [6.07, 6.45) is -10.3. The normalized spacial score (nSPS) is 12.1. The number of carbonyl (C=O) groups excluding carboxylic acids is 1. The summed E-state index contributed by atoms with van der Waals surface area (Å²) in [6.45, 7) is 0.982. The van der Waals surface area contributed by atoms with Crippen LogP contribution in [0.1, 0.15) is 21.5 Å². The third-order valence-electron chi connectivity index (χ3n) is 2.47. The molecule has 4 nitrogen and oxygen atoms in total. The molecule has 0 aromatic heterocycles. The second kappa shape index (κ2) is 5.26. The maximum absolute atomic E-state index is 12.6. The third-order valence-corrected chi connectivity index (χ3v) is 2.47. The van der Waals surface area contributed by atoms with Crippen molar-refractivity contribution in [2.45, 2.75) is 19.3 Å². The number of hydrogen-bond donors (Lipinski definition) is 2. The van der Waals surface area contributed by atoms with Crippen molar-refractivity contribution in [1.82, 2.24) is 0 Å². The van der Waals surface area contributed by atoms with E-state index < -0.39 is 46.6 Å². The molecule has 0 aliphatic heterocycles. The van der Waals surface area contributed by atoms with Crippen LogP contribution >= 0.6 is 0 Å². The lowest BCUT2D eigenvalue weighted by Gasteiger charge is -2.15. The molecule has 10 heteroatoms. The van der Waals surface area contributed by atoms with E-state index >= 15 is 0 Å². The molecule has 0 aliphatic carbocycles. The van der Waals surface area contributed by atoms with Gasteiger partial charge in [0.05, 0.1) is 11.1 Å². The summed E-state index contributed by atoms with van der Waals surface area (Å²) in [5, 5.41) is 10.0. The standard InChI is InChI=1S/C11H7F6NO3/c1-4-6(8(19)20)2-5(10(12,13)14)3-7(4)18-9(21)11(15,16)17/h2-3H,1H3,(H,18,21)(H,19,20). The van der Waals surface area contributed by atoms with E-state index in [0.717, 1.165) is 6.92 Å². The Labute approximate surface area is 113 Å². The number of nitrogens with one attached hydrogen (secondary N) is 1. The number of amides is 1. The van der Waals surface area contributed by atoms with E-state index in [9.17, 15) is 35.9 Å². The summed E-state index contributed by atoms with van der Waals surface area (Å²) in [5.74, 6) is -4.26. The molecule has 116 valence electrons. The van der Waals surface area contributed by atoms with Gasteiger partial charge in [-0.05, 0) is 24.6 Å². The third kappa shape index (κ3) is 3.86. The molecule has 0 saturated heterocycles. The minimum absolute atomic E-state index is 0.241. The van der Waals surface area contributed by atoms with Gasteiger partial charge < -0.3 is 10.4 Å². The molecule has 0 saturated carbocycles. The van der Waals surface area contributed by atoms with Crippen molar-refractivity contribution in [3.05, 3.63) is 28.8 Å². The van der Waals surface area contributed by atoms with E-state index in [1.165, 1.54) is 5.32 Å². The van der Waals surface area contributed by atoms with Crippen molar-refractivity contribution < 1.29 is 41.0 Å². The van der Waals surface area contributed by atoms with Gasteiger partial charge in [-0.3, -0.25) is 4.79 Å². The predicted octanol–water partition coefficient (Wildman–Crippen LogP) is 3.21. The average Bonchev–Trinajstić information content (AvgIpc) is 2.28. The summed E-state index contributed by atoms with van der Waals surface area (Å²) >= 11 is 0. The number of carboxylic acids is 1. The van der Waals surface area contributed by atoms with E-state index in [-0.39, 0.29) is 12.1 Å². The maximum atomic E-state index is 12.6. The molecule has 1 aromatic rings. The zero-order chi connectivity index (χ0) is 16.6. The van der Waals surface area contributed by atoms with Crippen molar-refractivity contribution in [1.29, 1.82) is 0 Å². The van der Waals surface area contributed by atoms with Crippen LogP contribution in [-0.2, 0) is 11.0 Å². The zero-order valence-electron chi connectivity index (χ0n) is 10.2. The van der Waals surface area contributed by atoms with Gasteiger partial charge in [-0.25, -0.2) is 4.79 Å².